The lowest BCUT2D eigenvalue weighted by Crippen LogP contribution is -2.40. The summed E-state index contributed by atoms with van der Waals surface area (Å²) in [5, 5.41) is 7.90. The van der Waals surface area contributed by atoms with Crippen LogP contribution >= 0.6 is 11.3 Å². The smallest absolute Gasteiger partial charge is 0.319 e. The molecule has 3 rings (SSSR count). The van der Waals surface area contributed by atoms with Crippen LogP contribution in [0, 0.1) is 0 Å². The normalized spacial score (nSPS) is 15.3. The Kier molecular flexibility index (Phi) is 6.95. The van der Waals surface area contributed by atoms with Gasteiger partial charge in [0.05, 0.1) is 19.9 Å². The third-order valence-corrected chi connectivity index (χ3v) is 5.93. The van der Waals surface area contributed by atoms with Gasteiger partial charge in [0, 0.05) is 18.0 Å². The highest BCUT2D eigenvalue weighted by Crippen LogP contribution is 2.34. The van der Waals surface area contributed by atoms with Crippen LogP contribution in [0.1, 0.15) is 23.6 Å². The molecule has 6 nitrogen and oxygen atoms in total. The minimum absolute atomic E-state index is 0.241. The van der Waals surface area contributed by atoms with Gasteiger partial charge in [-0.2, -0.15) is 0 Å². The first-order valence-corrected chi connectivity index (χ1v) is 10.1. The van der Waals surface area contributed by atoms with Crippen molar-refractivity contribution >= 4 is 23.1 Å². The standard InChI is InChI=1S/C20H27N3O3S/c1-25-17-6-3-5-16(19(17)26-2)22-20(24)21-10-13-23-11-8-15(9-12-23)18-7-4-14-27-18/h3-7,14-15H,8-13H2,1-2H3,(H2,21,22,24). The highest BCUT2D eigenvalue weighted by molar-refractivity contribution is 7.10. The Bertz CT molecular complexity index is 728. The second-order valence-electron chi connectivity index (χ2n) is 6.55. The Morgan fingerprint density at radius 3 is 2.67 bits per heavy atom. The largest absolute Gasteiger partial charge is 0.493 e. The van der Waals surface area contributed by atoms with E-state index in [1.165, 1.54) is 17.7 Å². The molecule has 0 radical (unpaired) electrons. The van der Waals surface area contributed by atoms with Crippen molar-refractivity contribution in [2.24, 2.45) is 0 Å². The number of nitrogens with zero attached hydrogens (tertiary/aromatic N) is 1. The summed E-state index contributed by atoms with van der Waals surface area (Å²) in [6.07, 6.45) is 2.38. The highest BCUT2D eigenvalue weighted by atomic mass is 32.1. The van der Waals surface area contributed by atoms with Crippen LogP contribution in [0.3, 0.4) is 0 Å². The van der Waals surface area contributed by atoms with Crippen LogP contribution in [0.15, 0.2) is 35.7 Å². The van der Waals surface area contributed by atoms with Gasteiger partial charge in [0.15, 0.2) is 11.5 Å². The minimum Gasteiger partial charge on any atom is -0.493 e. The van der Waals surface area contributed by atoms with Gasteiger partial charge in [0.25, 0.3) is 0 Å². The van der Waals surface area contributed by atoms with Gasteiger partial charge in [-0.1, -0.05) is 12.1 Å². The predicted molar refractivity (Wildman–Crippen MR) is 109 cm³/mol. The number of benzene rings is 1. The van der Waals surface area contributed by atoms with Crippen molar-refractivity contribution in [3.63, 3.8) is 0 Å². The van der Waals surface area contributed by atoms with Crippen LogP contribution in [0.2, 0.25) is 0 Å². The van der Waals surface area contributed by atoms with E-state index in [0.29, 0.717) is 29.6 Å². The van der Waals surface area contributed by atoms with E-state index in [4.69, 9.17) is 9.47 Å². The summed E-state index contributed by atoms with van der Waals surface area (Å²) in [7, 11) is 3.13. The van der Waals surface area contributed by atoms with Crippen molar-refractivity contribution in [1.29, 1.82) is 0 Å². The molecule has 0 atom stereocenters. The molecule has 7 heteroatoms. The number of methoxy groups -OCH3 is 2. The van der Waals surface area contributed by atoms with Gasteiger partial charge in [-0.3, -0.25) is 0 Å². The number of likely N-dealkylation sites (tertiary alicyclic amines) is 1. The predicted octanol–water partition coefficient (Wildman–Crippen LogP) is 3.77. The molecular weight excluding hydrogens is 362 g/mol. The number of para-hydroxylation sites is 1. The second kappa shape index (κ2) is 9.62. The molecule has 0 spiro atoms. The van der Waals surface area contributed by atoms with Gasteiger partial charge >= 0.3 is 6.03 Å². The number of nitrogens with one attached hydrogen (secondary N) is 2. The van der Waals surface area contributed by atoms with Gasteiger partial charge in [0.1, 0.15) is 0 Å². The molecule has 2 aromatic rings. The summed E-state index contributed by atoms with van der Waals surface area (Å²) in [5.74, 6) is 1.80. The molecule has 1 saturated heterocycles. The summed E-state index contributed by atoms with van der Waals surface area (Å²) in [6, 6.07) is 9.53. The molecule has 1 fully saturated rings. The van der Waals surface area contributed by atoms with E-state index in [1.807, 2.05) is 17.4 Å². The number of piperidine rings is 1. The average Bonchev–Trinajstić information content (AvgIpc) is 3.23. The lowest BCUT2D eigenvalue weighted by atomic mass is 9.95. The molecule has 1 aromatic carbocycles. The van der Waals surface area contributed by atoms with E-state index in [2.05, 4.69) is 33.0 Å². The fraction of sp³-hybridized carbons (Fsp3) is 0.450. The van der Waals surface area contributed by atoms with Crippen LogP contribution in [-0.4, -0.2) is 51.3 Å². The van der Waals surface area contributed by atoms with E-state index < -0.39 is 0 Å². The van der Waals surface area contributed by atoms with Crippen molar-refractivity contribution in [3.05, 3.63) is 40.6 Å². The van der Waals surface area contributed by atoms with Gasteiger partial charge in [-0.25, -0.2) is 4.79 Å². The number of hydrogen-bond acceptors (Lipinski definition) is 5. The molecule has 1 aliphatic heterocycles. The Balaban J connectivity index is 1.40. The molecule has 1 aliphatic rings. The van der Waals surface area contributed by atoms with Crippen molar-refractivity contribution in [3.8, 4) is 11.5 Å². The lowest BCUT2D eigenvalue weighted by Gasteiger charge is -2.31. The number of thiophene rings is 1. The summed E-state index contributed by atoms with van der Waals surface area (Å²) in [5.41, 5.74) is 0.589. The third-order valence-electron chi connectivity index (χ3n) is 4.90. The SMILES string of the molecule is COc1cccc(NC(=O)NCCN2CCC(c3cccs3)CC2)c1OC. The Labute approximate surface area is 164 Å². The molecule has 2 amide bonds. The van der Waals surface area contributed by atoms with Crippen LogP contribution in [-0.2, 0) is 0 Å². The first-order chi connectivity index (χ1) is 13.2. The van der Waals surface area contributed by atoms with E-state index in [0.717, 1.165) is 19.6 Å². The first-order valence-electron chi connectivity index (χ1n) is 9.23. The van der Waals surface area contributed by atoms with Gasteiger partial charge < -0.3 is 25.0 Å². The summed E-state index contributed by atoms with van der Waals surface area (Å²) >= 11 is 1.86. The van der Waals surface area contributed by atoms with E-state index >= 15 is 0 Å². The zero-order valence-corrected chi connectivity index (χ0v) is 16.7. The van der Waals surface area contributed by atoms with Crippen LogP contribution in [0.25, 0.3) is 0 Å². The number of carbonyl (C=O) groups is 1. The fourth-order valence-electron chi connectivity index (χ4n) is 3.44. The van der Waals surface area contributed by atoms with Crippen molar-refractivity contribution < 1.29 is 14.3 Å². The van der Waals surface area contributed by atoms with Crippen molar-refractivity contribution in [2.75, 3.05) is 45.7 Å². The summed E-state index contributed by atoms with van der Waals surface area (Å²) in [6.45, 7) is 3.63. The summed E-state index contributed by atoms with van der Waals surface area (Å²) in [4.78, 5) is 16.1. The molecule has 2 heterocycles. The van der Waals surface area contributed by atoms with Crippen molar-refractivity contribution in [2.45, 2.75) is 18.8 Å². The van der Waals surface area contributed by atoms with Gasteiger partial charge in [0.2, 0.25) is 0 Å². The third kappa shape index (κ3) is 5.14. The maximum Gasteiger partial charge on any atom is 0.319 e. The van der Waals surface area contributed by atoms with Gasteiger partial charge in [-0.05, 0) is 55.4 Å². The topological polar surface area (TPSA) is 62.8 Å². The van der Waals surface area contributed by atoms with Crippen LogP contribution in [0.5, 0.6) is 11.5 Å². The molecular formula is C20H27N3O3S. The maximum atomic E-state index is 12.2. The molecule has 27 heavy (non-hydrogen) atoms. The van der Waals surface area contributed by atoms with E-state index in [9.17, 15) is 4.79 Å². The zero-order chi connectivity index (χ0) is 19.1. The zero-order valence-electron chi connectivity index (χ0n) is 15.9. The van der Waals surface area contributed by atoms with Crippen molar-refractivity contribution in [1.82, 2.24) is 10.2 Å². The molecule has 1 aromatic heterocycles. The first kappa shape index (κ1) is 19.5. The monoisotopic (exact) mass is 389 g/mol. The quantitative estimate of drug-likeness (QED) is 0.757. The highest BCUT2D eigenvalue weighted by Gasteiger charge is 2.21. The second-order valence-corrected chi connectivity index (χ2v) is 7.53. The van der Waals surface area contributed by atoms with E-state index in [-0.39, 0.29) is 6.03 Å². The van der Waals surface area contributed by atoms with Gasteiger partial charge in [-0.15, -0.1) is 11.3 Å². The average molecular weight is 390 g/mol. The fourth-order valence-corrected chi connectivity index (χ4v) is 4.34. The van der Waals surface area contributed by atoms with Crippen LogP contribution < -0.4 is 20.1 Å². The number of carbonyl (C=O) groups excluding carboxylic acids is 1. The Morgan fingerprint density at radius 1 is 1.19 bits per heavy atom. The Morgan fingerprint density at radius 2 is 2.00 bits per heavy atom. The minimum atomic E-state index is -0.241. The molecule has 2 N–H and O–H groups in total. The molecule has 0 aliphatic carbocycles. The number of hydrogen-bond donors (Lipinski definition) is 2. The Hall–Kier alpha value is -2.25. The molecule has 146 valence electrons. The number of ether oxygens (including phenoxy) is 2. The molecule has 0 unspecified atom stereocenters. The molecule has 0 saturated carbocycles. The number of amides is 2. The number of rotatable bonds is 7. The maximum absolute atomic E-state index is 12.2. The molecule has 0 bridgehead atoms. The van der Waals surface area contributed by atoms with E-state index in [1.54, 1.807) is 26.4 Å². The lowest BCUT2D eigenvalue weighted by molar-refractivity contribution is 0.212. The number of urea groups is 1. The van der Waals surface area contributed by atoms with Crippen LogP contribution in [0.4, 0.5) is 10.5 Å². The summed E-state index contributed by atoms with van der Waals surface area (Å²) < 4.78 is 10.6. The number of anilines is 1.